The second-order valence-corrected chi connectivity index (χ2v) is 6.44. The summed E-state index contributed by atoms with van der Waals surface area (Å²) in [5.41, 5.74) is -1.11. The van der Waals surface area contributed by atoms with Gasteiger partial charge in [-0.15, -0.1) is 11.3 Å². The highest BCUT2D eigenvalue weighted by Crippen LogP contribution is 2.28. The van der Waals surface area contributed by atoms with Gasteiger partial charge in [0.25, 0.3) is 0 Å². The predicted octanol–water partition coefficient (Wildman–Crippen LogP) is 2.04. The van der Waals surface area contributed by atoms with E-state index < -0.39 is 17.5 Å². The van der Waals surface area contributed by atoms with E-state index >= 15 is 0 Å². The van der Waals surface area contributed by atoms with Gasteiger partial charge < -0.3 is 15.7 Å². The summed E-state index contributed by atoms with van der Waals surface area (Å²) >= 11 is 1.51. The van der Waals surface area contributed by atoms with Crippen molar-refractivity contribution < 1.29 is 14.7 Å². The lowest BCUT2D eigenvalue weighted by Gasteiger charge is -2.33. The summed E-state index contributed by atoms with van der Waals surface area (Å²) in [6, 6.07) is -0.442. The van der Waals surface area contributed by atoms with Crippen LogP contribution in [0.2, 0.25) is 0 Å². The van der Waals surface area contributed by atoms with Crippen molar-refractivity contribution in [2.24, 2.45) is 0 Å². The summed E-state index contributed by atoms with van der Waals surface area (Å²) in [4.78, 5) is 28.6. The van der Waals surface area contributed by atoms with Crippen LogP contribution in [0.15, 0.2) is 6.20 Å². The molecule has 0 radical (unpaired) electrons. The van der Waals surface area contributed by atoms with Crippen molar-refractivity contribution in [3.05, 3.63) is 16.1 Å². The van der Waals surface area contributed by atoms with Crippen LogP contribution in [0.1, 0.15) is 42.0 Å². The number of urea groups is 1. The van der Waals surface area contributed by atoms with Gasteiger partial charge in [0, 0.05) is 11.1 Å². The normalized spacial score (nSPS) is 17.4. The summed E-state index contributed by atoms with van der Waals surface area (Å²) in [6.07, 6.45) is 5.42. The minimum absolute atomic E-state index is 0.319. The summed E-state index contributed by atoms with van der Waals surface area (Å²) in [7, 11) is 0. The van der Waals surface area contributed by atoms with E-state index in [9.17, 15) is 14.7 Å². The first-order valence-electron chi connectivity index (χ1n) is 6.72. The van der Waals surface area contributed by atoms with Gasteiger partial charge in [-0.3, -0.25) is 0 Å². The molecule has 1 fully saturated rings. The lowest BCUT2D eigenvalue weighted by molar-refractivity contribution is -0.145. The molecule has 2 rings (SSSR count). The highest BCUT2D eigenvalue weighted by atomic mass is 32.1. The Hall–Kier alpha value is -1.63. The third kappa shape index (κ3) is 3.47. The minimum atomic E-state index is -1.11. The summed E-state index contributed by atoms with van der Waals surface area (Å²) < 4.78 is 0. The van der Waals surface area contributed by atoms with Crippen molar-refractivity contribution in [2.45, 2.75) is 51.1 Å². The molecule has 1 aliphatic carbocycles. The van der Waals surface area contributed by atoms with Gasteiger partial charge in [0.15, 0.2) is 0 Å². The van der Waals surface area contributed by atoms with Gasteiger partial charge in [-0.25, -0.2) is 14.6 Å². The van der Waals surface area contributed by atoms with Gasteiger partial charge in [0.05, 0.1) is 6.54 Å². The SMILES string of the molecule is Cc1cnc(CNC(=O)NC2(C(=O)O)CCCCC2)s1. The number of nitrogens with zero attached hydrogens (tertiary/aromatic N) is 1. The molecule has 7 heteroatoms. The Morgan fingerprint density at radius 2 is 2.10 bits per heavy atom. The number of carboxylic acid groups (broad SMARTS) is 1. The number of carbonyl (C=O) groups excluding carboxylic acids is 1. The van der Waals surface area contributed by atoms with E-state index in [1.165, 1.54) is 11.3 Å². The van der Waals surface area contributed by atoms with Crippen LogP contribution in [-0.2, 0) is 11.3 Å². The summed E-state index contributed by atoms with van der Waals surface area (Å²) in [5, 5.41) is 15.5. The predicted molar refractivity (Wildman–Crippen MR) is 75.7 cm³/mol. The number of nitrogens with one attached hydrogen (secondary N) is 2. The van der Waals surface area contributed by atoms with E-state index in [2.05, 4.69) is 15.6 Å². The molecule has 0 aliphatic heterocycles. The number of carbonyl (C=O) groups is 2. The Morgan fingerprint density at radius 1 is 1.40 bits per heavy atom. The van der Waals surface area contributed by atoms with Crippen LogP contribution in [0.3, 0.4) is 0 Å². The average molecular weight is 297 g/mol. The molecule has 1 saturated carbocycles. The molecule has 1 aromatic heterocycles. The maximum absolute atomic E-state index is 11.9. The van der Waals surface area contributed by atoms with Crippen LogP contribution in [-0.4, -0.2) is 27.6 Å². The van der Waals surface area contributed by atoms with Crippen LogP contribution in [0.5, 0.6) is 0 Å². The van der Waals surface area contributed by atoms with Gasteiger partial charge >= 0.3 is 12.0 Å². The lowest BCUT2D eigenvalue weighted by atomic mass is 9.82. The number of carboxylic acids is 1. The Morgan fingerprint density at radius 3 is 2.65 bits per heavy atom. The molecule has 2 amide bonds. The fourth-order valence-corrected chi connectivity index (χ4v) is 3.18. The average Bonchev–Trinajstić information content (AvgIpc) is 2.83. The number of aryl methyl sites for hydroxylation is 1. The zero-order chi connectivity index (χ0) is 14.6. The molecule has 1 aliphatic rings. The van der Waals surface area contributed by atoms with Gasteiger partial charge in [0.2, 0.25) is 0 Å². The molecule has 0 saturated heterocycles. The van der Waals surface area contributed by atoms with Crippen LogP contribution in [0.25, 0.3) is 0 Å². The number of rotatable bonds is 4. The highest BCUT2D eigenvalue weighted by Gasteiger charge is 2.40. The van der Waals surface area contributed by atoms with Crippen molar-refractivity contribution in [3.63, 3.8) is 0 Å². The number of thiazole rings is 1. The van der Waals surface area contributed by atoms with Crippen molar-refractivity contribution in [3.8, 4) is 0 Å². The summed E-state index contributed by atoms with van der Waals surface area (Å²) in [5.74, 6) is -0.947. The Labute approximate surface area is 121 Å². The maximum atomic E-state index is 11.9. The van der Waals surface area contributed by atoms with E-state index in [1.54, 1.807) is 6.20 Å². The molecule has 6 nitrogen and oxygen atoms in total. The number of aromatic nitrogens is 1. The van der Waals surface area contributed by atoms with E-state index in [0.717, 1.165) is 29.1 Å². The second-order valence-electron chi connectivity index (χ2n) is 5.12. The molecule has 0 unspecified atom stereocenters. The number of amides is 2. The quantitative estimate of drug-likeness (QED) is 0.793. The summed E-state index contributed by atoms with van der Waals surface area (Å²) in [6.45, 7) is 2.27. The zero-order valence-electron chi connectivity index (χ0n) is 11.4. The molecule has 110 valence electrons. The highest BCUT2D eigenvalue weighted by molar-refractivity contribution is 7.11. The molecule has 0 bridgehead atoms. The van der Waals surface area contributed by atoms with Gasteiger partial charge in [-0.05, 0) is 19.8 Å². The smallest absolute Gasteiger partial charge is 0.329 e. The molecule has 20 heavy (non-hydrogen) atoms. The molecule has 0 spiro atoms. The fourth-order valence-electron chi connectivity index (χ4n) is 2.45. The lowest BCUT2D eigenvalue weighted by Crippen LogP contribution is -2.57. The van der Waals surface area contributed by atoms with Crippen molar-refractivity contribution >= 4 is 23.3 Å². The van der Waals surface area contributed by atoms with Gasteiger partial charge in [-0.1, -0.05) is 19.3 Å². The Balaban J connectivity index is 1.90. The Bertz CT molecular complexity index is 495. The number of aliphatic carboxylic acids is 1. The van der Waals surface area contributed by atoms with E-state index in [4.69, 9.17) is 0 Å². The van der Waals surface area contributed by atoms with Crippen LogP contribution >= 0.6 is 11.3 Å². The fraction of sp³-hybridized carbons (Fsp3) is 0.615. The van der Waals surface area contributed by atoms with E-state index in [-0.39, 0.29) is 0 Å². The molecule has 1 heterocycles. The Kier molecular flexibility index (Phi) is 4.59. The molecule has 1 aromatic rings. The minimum Gasteiger partial charge on any atom is -0.480 e. The largest absolute Gasteiger partial charge is 0.480 e. The van der Waals surface area contributed by atoms with E-state index in [1.807, 2.05) is 6.92 Å². The molecular weight excluding hydrogens is 278 g/mol. The molecule has 0 atom stereocenters. The molecule has 0 aromatic carbocycles. The van der Waals surface area contributed by atoms with Crippen molar-refractivity contribution in [2.75, 3.05) is 0 Å². The zero-order valence-corrected chi connectivity index (χ0v) is 12.3. The topological polar surface area (TPSA) is 91.3 Å². The first kappa shape index (κ1) is 14.8. The standard InChI is InChI=1S/C13H19N3O3S/c1-9-7-14-10(20-9)8-15-12(19)16-13(11(17)18)5-3-2-4-6-13/h7H,2-6,8H2,1H3,(H,17,18)(H2,15,16,19). The van der Waals surface area contributed by atoms with Crippen molar-refractivity contribution in [1.82, 2.24) is 15.6 Å². The number of hydrogen-bond donors (Lipinski definition) is 3. The third-order valence-electron chi connectivity index (χ3n) is 3.54. The number of hydrogen-bond acceptors (Lipinski definition) is 4. The molecular formula is C13H19N3O3S. The first-order chi connectivity index (χ1) is 9.52. The van der Waals surface area contributed by atoms with E-state index in [0.29, 0.717) is 19.4 Å². The van der Waals surface area contributed by atoms with Gasteiger partial charge in [0.1, 0.15) is 10.5 Å². The van der Waals surface area contributed by atoms with Crippen molar-refractivity contribution in [1.29, 1.82) is 0 Å². The maximum Gasteiger partial charge on any atom is 0.329 e. The molecule has 3 N–H and O–H groups in total. The monoisotopic (exact) mass is 297 g/mol. The van der Waals surface area contributed by atoms with Crippen LogP contribution < -0.4 is 10.6 Å². The van der Waals surface area contributed by atoms with Gasteiger partial charge in [-0.2, -0.15) is 0 Å². The first-order valence-corrected chi connectivity index (χ1v) is 7.54. The van der Waals surface area contributed by atoms with Crippen LogP contribution in [0.4, 0.5) is 4.79 Å². The second kappa shape index (κ2) is 6.21. The third-order valence-corrected chi connectivity index (χ3v) is 4.45. The van der Waals surface area contributed by atoms with Crippen LogP contribution in [0, 0.1) is 6.92 Å².